The molecule has 5 nitrogen and oxygen atoms in total. The molecule has 0 radical (unpaired) electrons. The van der Waals surface area contributed by atoms with Crippen LogP contribution in [0.15, 0.2) is 36.4 Å². The van der Waals surface area contributed by atoms with E-state index in [2.05, 4.69) is 6.58 Å². The van der Waals surface area contributed by atoms with Crippen LogP contribution in [0.3, 0.4) is 0 Å². The van der Waals surface area contributed by atoms with Gasteiger partial charge in [0.05, 0.1) is 24.9 Å². The van der Waals surface area contributed by atoms with Crippen LogP contribution in [0.25, 0.3) is 0 Å². The summed E-state index contributed by atoms with van der Waals surface area (Å²) in [7, 11) is 1.17. The van der Waals surface area contributed by atoms with Gasteiger partial charge in [0.25, 0.3) is 0 Å². The van der Waals surface area contributed by atoms with Gasteiger partial charge in [-0.2, -0.15) is 13.2 Å². The van der Waals surface area contributed by atoms with E-state index in [9.17, 15) is 27.6 Å². The predicted octanol–water partition coefficient (Wildman–Crippen LogP) is 4.08. The van der Waals surface area contributed by atoms with Crippen LogP contribution < -0.4 is 0 Å². The van der Waals surface area contributed by atoms with E-state index >= 15 is 0 Å². The quantitative estimate of drug-likeness (QED) is 0.373. The minimum atomic E-state index is -4.40. The number of carbonyl (C=O) groups is 3. The number of esters is 1. The average Bonchev–Trinajstić information content (AvgIpc) is 2.71. The molecule has 2 rings (SSSR count). The van der Waals surface area contributed by atoms with Gasteiger partial charge in [-0.3, -0.25) is 14.4 Å². The van der Waals surface area contributed by atoms with Crippen molar-refractivity contribution in [3.05, 3.63) is 47.5 Å². The molecule has 1 aliphatic rings. The first-order valence-electron chi connectivity index (χ1n) is 9.56. The number of alkyl halides is 3. The van der Waals surface area contributed by atoms with E-state index < -0.39 is 41.1 Å². The molecule has 1 saturated heterocycles. The molecule has 0 amide bonds. The zero-order valence-electron chi connectivity index (χ0n) is 17.2. The van der Waals surface area contributed by atoms with Crippen LogP contribution >= 0.6 is 0 Å². The number of ketones is 2. The van der Waals surface area contributed by atoms with Crippen molar-refractivity contribution in [1.82, 2.24) is 0 Å². The molecule has 164 valence electrons. The summed E-state index contributed by atoms with van der Waals surface area (Å²) in [6.45, 7) is 6.76. The molecule has 0 aliphatic carbocycles. The number of rotatable bonds is 7. The average molecular weight is 426 g/mol. The summed E-state index contributed by atoms with van der Waals surface area (Å²) in [5, 5.41) is 0. The number of carbonyl (C=O) groups excluding carboxylic acids is 3. The van der Waals surface area contributed by atoms with Crippen molar-refractivity contribution in [2.75, 3.05) is 7.11 Å². The highest BCUT2D eigenvalue weighted by molar-refractivity contribution is 6.13. The second kappa shape index (κ2) is 9.12. The standard InChI is InChI=1S/C22H25F3O5/c1-13-14(2)30-18(21(3,19(13)27)20(28)29-4)12-11-17(26)10-7-15-5-8-16(9-6-15)22(23,24)25/h5-6,8-9,14,18H,1,7,10-12H2,2-4H3/t14-,18+,21-/m1/s1. The molecule has 1 aliphatic heterocycles. The van der Waals surface area contributed by atoms with Crippen LogP contribution in [0.5, 0.6) is 0 Å². The zero-order valence-corrected chi connectivity index (χ0v) is 17.2. The Morgan fingerprint density at radius 3 is 2.33 bits per heavy atom. The van der Waals surface area contributed by atoms with E-state index in [0.29, 0.717) is 12.0 Å². The lowest BCUT2D eigenvalue weighted by atomic mass is 9.72. The van der Waals surface area contributed by atoms with Gasteiger partial charge in [0.2, 0.25) is 0 Å². The minimum absolute atomic E-state index is 0.0599. The topological polar surface area (TPSA) is 69.7 Å². The maximum absolute atomic E-state index is 12.7. The third kappa shape index (κ3) is 4.98. The van der Waals surface area contributed by atoms with E-state index in [-0.39, 0.29) is 30.6 Å². The molecular formula is C22H25F3O5. The van der Waals surface area contributed by atoms with Crippen molar-refractivity contribution >= 4 is 17.5 Å². The Labute approximate surface area is 173 Å². The Morgan fingerprint density at radius 1 is 1.20 bits per heavy atom. The molecule has 0 bridgehead atoms. The van der Waals surface area contributed by atoms with Gasteiger partial charge in [-0.15, -0.1) is 0 Å². The summed E-state index contributed by atoms with van der Waals surface area (Å²) in [6.07, 6.45) is -5.20. The van der Waals surface area contributed by atoms with Crippen LogP contribution in [-0.4, -0.2) is 36.9 Å². The molecule has 3 atom stereocenters. The highest BCUT2D eigenvalue weighted by Gasteiger charge is 2.54. The van der Waals surface area contributed by atoms with E-state index in [0.717, 1.165) is 12.1 Å². The predicted molar refractivity (Wildman–Crippen MR) is 103 cm³/mol. The number of Topliss-reactive ketones (excluding diaryl/α,β-unsaturated/α-hetero) is 2. The zero-order chi connectivity index (χ0) is 22.7. The first kappa shape index (κ1) is 23.8. The normalized spacial score (nSPS) is 24.6. The molecule has 1 aromatic rings. The molecule has 0 saturated carbocycles. The number of hydrogen-bond donors (Lipinski definition) is 0. The van der Waals surface area contributed by atoms with Crippen molar-refractivity contribution in [1.29, 1.82) is 0 Å². The lowest BCUT2D eigenvalue weighted by Crippen LogP contribution is -2.55. The van der Waals surface area contributed by atoms with Crippen molar-refractivity contribution in [3.63, 3.8) is 0 Å². The second-order valence-corrected chi connectivity index (χ2v) is 7.59. The van der Waals surface area contributed by atoms with Gasteiger partial charge in [-0.1, -0.05) is 18.7 Å². The number of methoxy groups -OCH3 is 1. The number of hydrogen-bond acceptors (Lipinski definition) is 5. The fraction of sp³-hybridized carbons (Fsp3) is 0.500. The molecule has 1 aromatic carbocycles. The van der Waals surface area contributed by atoms with Crippen molar-refractivity contribution in [2.45, 2.75) is 57.9 Å². The van der Waals surface area contributed by atoms with Gasteiger partial charge >= 0.3 is 12.1 Å². The lowest BCUT2D eigenvalue weighted by molar-refractivity contribution is -0.175. The van der Waals surface area contributed by atoms with Gasteiger partial charge in [0, 0.05) is 18.4 Å². The summed E-state index contributed by atoms with van der Waals surface area (Å²) in [4.78, 5) is 37.3. The highest BCUT2D eigenvalue weighted by Crippen LogP contribution is 2.39. The Morgan fingerprint density at radius 2 is 1.80 bits per heavy atom. The van der Waals surface area contributed by atoms with Crippen LogP contribution in [0, 0.1) is 5.41 Å². The van der Waals surface area contributed by atoms with Gasteiger partial charge in [0.1, 0.15) is 5.78 Å². The van der Waals surface area contributed by atoms with Crippen LogP contribution in [0.1, 0.15) is 44.2 Å². The third-order valence-corrected chi connectivity index (χ3v) is 5.53. The van der Waals surface area contributed by atoms with Gasteiger partial charge in [0.15, 0.2) is 11.2 Å². The van der Waals surface area contributed by atoms with E-state index in [1.807, 2.05) is 0 Å². The fourth-order valence-corrected chi connectivity index (χ4v) is 3.48. The molecule has 0 N–H and O–H groups in total. The van der Waals surface area contributed by atoms with Crippen molar-refractivity contribution < 1.29 is 37.0 Å². The Hall–Kier alpha value is -2.48. The monoisotopic (exact) mass is 426 g/mol. The van der Waals surface area contributed by atoms with Crippen LogP contribution in [-0.2, 0) is 36.5 Å². The van der Waals surface area contributed by atoms with Gasteiger partial charge in [-0.25, -0.2) is 0 Å². The van der Waals surface area contributed by atoms with E-state index in [1.165, 1.54) is 26.2 Å². The lowest BCUT2D eigenvalue weighted by Gasteiger charge is -2.41. The molecule has 30 heavy (non-hydrogen) atoms. The minimum Gasteiger partial charge on any atom is -0.468 e. The van der Waals surface area contributed by atoms with E-state index in [1.54, 1.807) is 6.92 Å². The summed E-state index contributed by atoms with van der Waals surface area (Å²) in [5.41, 5.74) is -1.53. The maximum Gasteiger partial charge on any atom is 0.416 e. The fourth-order valence-electron chi connectivity index (χ4n) is 3.48. The molecule has 1 heterocycles. The Bertz CT molecular complexity index is 828. The Kier molecular flexibility index (Phi) is 7.23. The molecule has 1 fully saturated rings. The number of aryl methyl sites for hydroxylation is 1. The SMILES string of the molecule is C=C1C(=O)[C@](C)(C(=O)OC)[C@H](CCC(=O)CCc2ccc(C(F)(F)F)cc2)O[C@@H]1C. The summed E-state index contributed by atoms with van der Waals surface area (Å²) < 4.78 is 48.4. The van der Waals surface area contributed by atoms with Crippen molar-refractivity contribution in [2.24, 2.45) is 5.41 Å². The van der Waals surface area contributed by atoms with Gasteiger partial charge < -0.3 is 9.47 Å². The smallest absolute Gasteiger partial charge is 0.416 e. The summed E-state index contributed by atoms with van der Waals surface area (Å²) in [5.74, 6) is -1.35. The Balaban J connectivity index is 1.97. The molecule has 8 heteroatoms. The summed E-state index contributed by atoms with van der Waals surface area (Å²) >= 11 is 0. The van der Waals surface area contributed by atoms with Crippen LogP contribution in [0.4, 0.5) is 13.2 Å². The first-order valence-corrected chi connectivity index (χ1v) is 9.56. The first-order chi connectivity index (χ1) is 13.9. The molecule has 0 aromatic heterocycles. The largest absolute Gasteiger partial charge is 0.468 e. The molecule has 0 spiro atoms. The van der Waals surface area contributed by atoms with Crippen molar-refractivity contribution in [3.8, 4) is 0 Å². The molecule has 0 unspecified atom stereocenters. The molecular weight excluding hydrogens is 401 g/mol. The number of halogens is 3. The van der Waals surface area contributed by atoms with Gasteiger partial charge in [-0.05, 0) is 44.4 Å². The second-order valence-electron chi connectivity index (χ2n) is 7.59. The third-order valence-electron chi connectivity index (χ3n) is 5.53. The number of benzene rings is 1. The maximum atomic E-state index is 12.7. The number of ether oxygens (including phenoxy) is 2. The summed E-state index contributed by atoms with van der Waals surface area (Å²) in [6, 6.07) is 4.66. The van der Waals surface area contributed by atoms with E-state index in [4.69, 9.17) is 9.47 Å². The highest BCUT2D eigenvalue weighted by atomic mass is 19.4. The van der Waals surface area contributed by atoms with Crippen LogP contribution in [0.2, 0.25) is 0 Å².